The summed E-state index contributed by atoms with van der Waals surface area (Å²) in [7, 11) is 0. The molecule has 7 nitrogen and oxygen atoms in total. The van der Waals surface area contributed by atoms with E-state index in [1.807, 2.05) is 30.3 Å². The number of hydrogen-bond acceptors (Lipinski definition) is 8. The smallest absolute Gasteiger partial charge is 0.277 e. The highest BCUT2D eigenvalue weighted by Crippen LogP contribution is 2.23. The molecule has 2 aromatic heterocycles. The van der Waals surface area contributed by atoms with E-state index in [9.17, 15) is 0 Å². The zero-order chi connectivity index (χ0) is 18.5. The number of rotatable bonds is 7. The van der Waals surface area contributed by atoms with Gasteiger partial charge < -0.3 is 13.7 Å². The van der Waals surface area contributed by atoms with Gasteiger partial charge in [0, 0.05) is 10.6 Å². The lowest BCUT2D eigenvalue weighted by molar-refractivity contribution is 0.252. The molecule has 0 fully saturated rings. The summed E-state index contributed by atoms with van der Waals surface area (Å²) in [5.74, 6) is 2.51. The van der Waals surface area contributed by atoms with Crippen molar-refractivity contribution in [2.45, 2.75) is 17.6 Å². The van der Waals surface area contributed by atoms with Crippen LogP contribution in [0.25, 0.3) is 11.4 Å². The van der Waals surface area contributed by atoms with Crippen molar-refractivity contribution in [2.75, 3.05) is 0 Å². The van der Waals surface area contributed by atoms with Crippen molar-refractivity contribution in [3.63, 3.8) is 0 Å². The van der Waals surface area contributed by atoms with Crippen molar-refractivity contribution in [2.24, 2.45) is 0 Å². The highest BCUT2D eigenvalue weighted by Gasteiger charge is 2.12. The van der Waals surface area contributed by atoms with Gasteiger partial charge in [0.05, 0.1) is 5.75 Å². The number of thioether (sulfide) groups is 1. The third-order valence-corrected chi connectivity index (χ3v) is 4.50. The number of benzene rings is 2. The Hall–Kier alpha value is -2.84. The Morgan fingerprint density at radius 1 is 0.963 bits per heavy atom. The molecule has 0 saturated carbocycles. The summed E-state index contributed by atoms with van der Waals surface area (Å²) in [6.45, 7) is 0.175. The Morgan fingerprint density at radius 3 is 2.59 bits per heavy atom. The minimum absolute atomic E-state index is 0.175. The Morgan fingerprint density at radius 2 is 1.78 bits per heavy atom. The highest BCUT2D eigenvalue weighted by atomic mass is 35.5. The van der Waals surface area contributed by atoms with Gasteiger partial charge >= 0.3 is 0 Å². The highest BCUT2D eigenvalue weighted by molar-refractivity contribution is 7.98. The van der Waals surface area contributed by atoms with Gasteiger partial charge in [-0.25, -0.2) is 0 Å². The lowest BCUT2D eigenvalue weighted by Crippen LogP contribution is -1.95. The number of nitrogens with zero attached hydrogens (tertiary/aromatic N) is 4. The van der Waals surface area contributed by atoms with Crippen LogP contribution in [0.1, 0.15) is 11.8 Å². The molecule has 136 valence electrons. The van der Waals surface area contributed by atoms with E-state index in [0.717, 1.165) is 5.56 Å². The van der Waals surface area contributed by atoms with E-state index in [4.69, 9.17) is 25.3 Å². The zero-order valence-electron chi connectivity index (χ0n) is 13.9. The van der Waals surface area contributed by atoms with Crippen LogP contribution in [0.3, 0.4) is 0 Å². The van der Waals surface area contributed by atoms with Crippen molar-refractivity contribution < 1.29 is 13.7 Å². The third kappa shape index (κ3) is 4.66. The summed E-state index contributed by atoms with van der Waals surface area (Å²) in [6, 6.07) is 16.7. The van der Waals surface area contributed by atoms with E-state index in [0.29, 0.717) is 39.4 Å². The van der Waals surface area contributed by atoms with Gasteiger partial charge in [-0.3, -0.25) is 0 Å². The van der Waals surface area contributed by atoms with Crippen LogP contribution in [0.5, 0.6) is 5.75 Å². The predicted molar refractivity (Wildman–Crippen MR) is 99.4 cm³/mol. The standard InChI is InChI=1S/C18H13ClN4O3S/c19-13-6-8-14(9-7-13)24-10-15-21-22-18(25-15)27-11-16-20-17(23-26-16)12-4-2-1-3-5-12/h1-9H,10-11H2. The fraction of sp³-hybridized carbons (Fsp3) is 0.111. The fourth-order valence-corrected chi connectivity index (χ4v) is 2.92. The number of ether oxygens (including phenoxy) is 1. The number of aromatic nitrogens is 4. The van der Waals surface area contributed by atoms with E-state index < -0.39 is 0 Å². The molecule has 0 unspecified atom stereocenters. The predicted octanol–water partition coefficient (Wildman–Crippen LogP) is 4.64. The summed E-state index contributed by atoms with van der Waals surface area (Å²) in [5, 5.41) is 13.0. The third-order valence-electron chi connectivity index (χ3n) is 3.44. The first kappa shape index (κ1) is 17.6. The Kier molecular flexibility index (Phi) is 5.36. The SMILES string of the molecule is Clc1ccc(OCc2nnc(SCc3nc(-c4ccccc4)no3)o2)cc1. The van der Waals surface area contributed by atoms with E-state index in [-0.39, 0.29) is 6.61 Å². The molecule has 0 amide bonds. The Balaban J connectivity index is 1.31. The lowest BCUT2D eigenvalue weighted by Gasteiger charge is -2.02. The zero-order valence-corrected chi connectivity index (χ0v) is 15.5. The van der Waals surface area contributed by atoms with Crippen molar-refractivity contribution in [3.8, 4) is 17.1 Å². The molecule has 2 heterocycles. The van der Waals surface area contributed by atoms with Crippen molar-refractivity contribution in [1.82, 2.24) is 20.3 Å². The minimum atomic E-state index is 0.175. The first-order valence-electron chi connectivity index (χ1n) is 7.98. The van der Waals surface area contributed by atoms with Crippen LogP contribution in [0.2, 0.25) is 5.02 Å². The van der Waals surface area contributed by atoms with E-state index in [2.05, 4.69) is 20.3 Å². The monoisotopic (exact) mass is 400 g/mol. The van der Waals surface area contributed by atoms with E-state index in [1.54, 1.807) is 24.3 Å². The fourth-order valence-electron chi connectivity index (χ4n) is 2.17. The molecule has 0 aliphatic rings. The van der Waals surface area contributed by atoms with Gasteiger partial charge in [-0.15, -0.1) is 10.2 Å². The second kappa shape index (κ2) is 8.24. The molecule has 0 aliphatic carbocycles. The van der Waals surface area contributed by atoms with E-state index in [1.165, 1.54) is 11.8 Å². The van der Waals surface area contributed by atoms with Crippen LogP contribution in [-0.4, -0.2) is 20.3 Å². The molecule has 0 bridgehead atoms. The van der Waals surface area contributed by atoms with Crippen LogP contribution in [0.4, 0.5) is 0 Å². The van der Waals surface area contributed by atoms with Crippen LogP contribution in [-0.2, 0) is 12.4 Å². The molecule has 0 N–H and O–H groups in total. The normalized spacial score (nSPS) is 10.9. The van der Waals surface area contributed by atoms with Gasteiger partial charge in [0.25, 0.3) is 11.1 Å². The average Bonchev–Trinajstić information content (AvgIpc) is 3.36. The molecular formula is C18H13ClN4O3S. The maximum absolute atomic E-state index is 5.84. The van der Waals surface area contributed by atoms with Crippen LogP contribution >= 0.6 is 23.4 Å². The van der Waals surface area contributed by atoms with Gasteiger partial charge in [0.1, 0.15) is 5.75 Å². The second-order valence-electron chi connectivity index (χ2n) is 5.37. The average molecular weight is 401 g/mol. The molecule has 0 atom stereocenters. The largest absolute Gasteiger partial charge is 0.484 e. The van der Waals surface area contributed by atoms with Crippen LogP contribution in [0, 0.1) is 0 Å². The Labute approximate surface area is 163 Å². The molecule has 2 aromatic carbocycles. The molecular weight excluding hydrogens is 388 g/mol. The minimum Gasteiger partial charge on any atom is -0.484 e. The van der Waals surface area contributed by atoms with Gasteiger partial charge in [-0.05, 0) is 24.3 Å². The van der Waals surface area contributed by atoms with Crippen molar-refractivity contribution in [3.05, 3.63) is 71.4 Å². The molecule has 0 radical (unpaired) electrons. The summed E-state index contributed by atoms with van der Waals surface area (Å²) in [6.07, 6.45) is 0. The van der Waals surface area contributed by atoms with Gasteiger partial charge in [0.2, 0.25) is 11.7 Å². The first-order chi connectivity index (χ1) is 13.3. The summed E-state index contributed by atoms with van der Waals surface area (Å²) in [5.41, 5.74) is 0.900. The molecule has 0 saturated heterocycles. The quantitative estimate of drug-likeness (QED) is 0.414. The van der Waals surface area contributed by atoms with Crippen LogP contribution < -0.4 is 4.74 Å². The van der Waals surface area contributed by atoms with Gasteiger partial charge in [0.15, 0.2) is 6.61 Å². The topological polar surface area (TPSA) is 87.1 Å². The molecule has 4 rings (SSSR count). The summed E-state index contributed by atoms with van der Waals surface area (Å²) < 4.78 is 16.4. The van der Waals surface area contributed by atoms with Gasteiger partial charge in [-0.1, -0.05) is 58.9 Å². The molecule has 9 heteroatoms. The molecule has 0 aliphatic heterocycles. The van der Waals surface area contributed by atoms with Gasteiger partial charge in [-0.2, -0.15) is 4.98 Å². The number of hydrogen-bond donors (Lipinski definition) is 0. The van der Waals surface area contributed by atoms with Crippen molar-refractivity contribution in [1.29, 1.82) is 0 Å². The van der Waals surface area contributed by atoms with Crippen molar-refractivity contribution >= 4 is 23.4 Å². The maximum Gasteiger partial charge on any atom is 0.277 e. The lowest BCUT2D eigenvalue weighted by atomic mass is 10.2. The first-order valence-corrected chi connectivity index (χ1v) is 9.34. The molecule has 27 heavy (non-hydrogen) atoms. The van der Waals surface area contributed by atoms with Crippen LogP contribution in [0.15, 0.2) is 68.8 Å². The van der Waals surface area contributed by atoms with E-state index >= 15 is 0 Å². The molecule has 4 aromatic rings. The maximum atomic E-state index is 5.84. The summed E-state index contributed by atoms with van der Waals surface area (Å²) in [4.78, 5) is 4.36. The number of halogens is 1. The second-order valence-corrected chi connectivity index (χ2v) is 6.73. The summed E-state index contributed by atoms with van der Waals surface area (Å²) >= 11 is 7.15. The molecule has 0 spiro atoms. The Bertz CT molecular complexity index is 1000.